The lowest BCUT2D eigenvalue weighted by atomic mass is 9.98. The third kappa shape index (κ3) is 3.74. The van der Waals surface area contributed by atoms with E-state index in [1.807, 2.05) is 23.4 Å². The molecule has 0 spiro atoms. The Hall–Kier alpha value is -2.60. The lowest BCUT2D eigenvalue weighted by Crippen LogP contribution is -2.38. The van der Waals surface area contributed by atoms with Crippen LogP contribution in [0.4, 0.5) is 0 Å². The van der Waals surface area contributed by atoms with Crippen molar-refractivity contribution in [1.82, 2.24) is 19.7 Å². The van der Waals surface area contributed by atoms with Gasteiger partial charge in [-0.1, -0.05) is 6.07 Å². The fourth-order valence-corrected chi connectivity index (χ4v) is 3.43. The molecular weight excluding hydrogens is 316 g/mol. The molecule has 0 unspecified atom stereocenters. The minimum Gasteiger partial charge on any atom is -0.379 e. The van der Waals surface area contributed by atoms with Gasteiger partial charge >= 0.3 is 0 Å². The second-order valence-electron chi connectivity index (χ2n) is 6.59. The molecule has 1 atom stereocenters. The Balaban J connectivity index is 1.43. The monoisotopic (exact) mass is 338 g/mol. The zero-order valence-electron chi connectivity index (χ0n) is 14.1. The highest BCUT2D eigenvalue weighted by Crippen LogP contribution is 2.19. The van der Waals surface area contributed by atoms with Crippen molar-refractivity contribution in [2.45, 2.75) is 13.0 Å². The lowest BCUT2D eigenvalue weighted by molar-refractivity contribution is -0.132. The van der Waals surface area contributed by atoms with E-state index in [-0.39, 0.29) is 12.5 Å². The average Bonchev–Trinajstić information content (AvgIpc) is 3.23. The molecule has 1 saturated heterocycles. The number of H-pyrrole nitrogens is 1. The first-order valence-electron chi connectivity index (χ1n) is 8.67. The van der Waals surface area contributed by atoms with Crippen LogP contribution in [0.1, 0.15) is 5.56 Å². The molecule has 2 aromatic heterocycles. The van der Waals surface area contributed by atoms with E-state index in [9.17, 15) is 4.79 Å². The Bertz CT molecular complexity index is 840. The van der Waals surface area contributed by atoms with E-state index in [0.29, 0.717) is 25.7 Å². The number of rotatable bonds is 4. The minimum atomic E-state index is 0.0975. The van der Waals surface area contributed by atoms with Gasteiger partial charge in [-0.05, 0) is 41.6 Å². The van der Waals surface area contributed by atoms with Crippen LogP contribution in [0.15, 0.2) is 48.9 Å². The Morgan fingerprint density at radius 2 is 2.32 bits per heavy atom. The molecule has 0 bridgehead atoms. The molecule has 3 heterocycles. The maximum Gasteiger partial charge on any atom is 0.244 e. The van der Waals surface area contributed by atoms with E-state index in [4.69, 9.17) is 4.74 Å². The number of nitrogens with one attached hydrogen (secondary N) is 1. The summed E-state index contributed by atoms with van der Waals surface area (Å²) in [6.45, 7) is 2.95. The predicted molar refractivity (Wildman–Crippen MR) is 95.1 cm³/mol. The molecule has 0 aliphatic carbocycles. The summed E-state index contributed by atoms with van der Waals surface area (Å²) in [4.78, 5) is 17.7. The quantitative estimate of drug-likeness (QED) is 0.792. The molecule has 0 saturated carbocycles. The number of benzene rings is 1. The van der Waals surface area contributed by atoms with Crippen LogP contribution in [0.2, 0.25) is 0 Å². The first kappa shape index (κ1) is 15.9. The molecular formula is C19H22N4O2. The van der Waals surface area contributed by atoms with Crippen molar-refractivity contribution in [2.75, 3.05) is 26.3 Å². The summed E-state index contributed by atoms with van der Waals surface area (Å²) in [6, 6.07) is 10.4. The zero-order valence-corrected chi connectivity index (χ0v) is 14.1. The first-order valence-corrected chi connectivity index (χ1v) is 8.67. The molecule has 1 amide bonds. The van der Waals surface area contributed by atoms with Gasteiger partial charge in [0.05, 0.1) is 13.2 Å². The third-order valence-corrected chi connectivity index (χ3v) is 4.69. The maximum absolute atomic E-state index is 12.6. The first-order chi connectivity index (χ1) is 12.3. The number of hydrogen-bond donors (Lipinski definition) is 1. The van der Waals surface area contributed by atoms with Gasteiger partial charge in [0.15, 0.2) is 0 Å². The molecule has 1 aromatic carbocycles. The molecule has 25 heavy (non-hydrogen) atoms. The molecule has 1 fully saturated rings. The fourth-order valence-electron chi connectivity index (χ4n) is 3.43. The van der Waals surface area contributed by atoms with Crippen molar-refractivity contribution < 1.29 is 9.53 Å². The van der Waals surface area contributed by atoms with Gasteiger partial charge in [-0.2, -0.15) is 5.10 Å². The maximum atomic E-state index is 12.6. The van der Waals surface area contributed by atoms with Crippen LogP contribution in [0.3, 0.4) is 0 Å². The van der Waals surface area contributed by atoms with Crippen LogP contribution >= 0.6 is 0 Å². The van der Waals surface area contributed by atoms with E-state index < -0.39 is 0 Å². The predicted octanol–water partition coefficient (Wildman–Crippen LogP) is 2.08. The van der Waals surface area contributed by atoms with Crippen molar-refractivity contribution in [3.05, 3.63) is 54.5 Å². The molecule has 0 radical (unpaired) electrons. The summed E-state index contributed by atoms with van der Waals surface area (Å²) < 4.78 is 7.41. The lowest BCUT2D eigenvalue weighted by Gasteiger charge is -2.23. The second-order valence-corrected chi connectivity index (χ2v) is 6.59. The number of carbonyl (C=O) groups is 1. The van der Waals surface area contributed by atoms with Crippen LogP contribution in [0.25, 0.3) is 10.9 Å². The van der Waals surface area contributed by atoms with Gasteiger partial charge in [0, 0.05) is 43.1 Å². The smallest absolute Gasteiger partial charge is 0.244 e. The molecule has 130 valence electrons. The number of aromatic amines is 1. The van der Waals surface area contributed by atoms with Gasteiger partial charge < -0.3 is 14.6 Å². The van der Waals surface area contributed by atoms with Crippen LogP contribution in [0, 0.1) is 5.92 Å². The highest BCUT2D eigenvalue weighted by Gasteiger charge is 2.23. The van der Waals surface area contributed by atoms with E-state index in [1.54, 1.807) is 10.9 Å². The number of nitrogens with zero attached hydrogens (tertiary/aromatic N) is 3. The highest BCUT2D eigenvalue weighted by atomic mass is 16.5. The van der Waals surface area contributed by atoms with Crippen LogP contribution < -0.4 is 0 Å². The number of ether oxygens (including phenoxy) is 1. The van der Waals surface area contributed by atoms with E-state index in [1.165, 1.54) is 10.9 Å². The van der Waals surface area contributed by atoms with Crippen molar-refractivity contribution in [3.8, 4) is 0 Å². The van der Waals surface area contributed by atoms with Crippen molar-refractivity contribution in [3.63, 3.8) is 0 Å². The zero-order chi connectivity index (χ0) is 17.1. The van der Waals surface area contributed by atoms with Crippen LogP contribution in [-0.2, 0) is 22.5 Å². The normalized spacial score (nSPS) is 18.4. The molecule has 4 rings (SSSR count). The van der Waals surface area contributed by atoms with Gasteiger partial charge in [-0.15, -0.1) is 0 Å². The Morgan fingerprint density at radius 3 is 3.20 bits per heavy atom. The molecule has 6 nitrogen and oxygen atoms in total. The van der Waals surface area contributed by atoms with E-state index in [2.05, 4.69) is 34.3 Å². The SMILES string of the molecule is O=C(Cn1cccn1)N1CCOC[C@H](Cc2ccc3[nH]ccc3c2)C1. The third-order valence-electron chi connectivity index (χ3n) is 4.69. The van der Waals surface area contributed by atoms with Crippen molar-refractivity contribution >= 4 is 16.8 Å². The topological polar surface area (TPSA) is 63.1 Å². The Kier molecular flexibility index (Phi) is 4.52. The summed E-state index contributed by atoms with van der Waals surface area (Å²) in [6.07, 6.45) is 6.38. The molecule has 1 N–H and O–H groups in total. The minimum absolute atomic E-state index is 0.0975. The molecule has 3 aromatic rings. The Labute approximate surface area is 146 Å². The van der Waals surface area contributed by atoms with E-state index >= 15 is 0 Å². The van der Waals surface area contributed by atoms with Gasteiger partial charge in [-0.3, -0.25) is 9.48 Å². The highest BCUT2D eigenvalue weighted by molar-refractivity contribution is 5.80. The standard InChI is InChI=1S/C19H22N4O2/c24-19(13-23-7-1-5-21-23)22-8-9-25-14-16(12-22)10-15-2-3-18-17(11-15)4-6-20-18/h1-7,11,16,20H,8-10,12-14H2/t16-/m1/s1. The van der Waals surface area contributed by atoms with Gasteiger partial charge in [0.2, 0.25) is 5.91 Å². The van der Waals surface area contributed by atoms with Crippen molar-refractivity contribution in [2.24, 2.45) is 5.92 Å². The van der Waals surface area contributed by atoms with Gasteiger partial charge in [-0.25, -0.2) is 0 Å². The van der Waals surface area contributed by atoms with E-state index in [0.717, 1.165) is 18.5 Å². The van der Waals surface area contributed by atoms with Crippen LogP contribution in [-0.4, -0.2) is 51.9 Å². The number of carbonyl (C=O) groups excluding carboxylic acids is 1. The molecule has 1 aliphatic heterocycles. The van der Waals surface area contributed by atoms with Gasteiger partial charge in [0.25, 0.3) is 0 Å². The molecule has 1 aliphatic rings. The molecule has 6 heteroatoms. The summed E-state index contributed by atoms with van der Waals surface area (Å²) >= 11 is 0. The summed E-state index contributed by atoms with van der Waals surface area (Å²) in [5, 5.41) is 5.34. The number of aromatic nitrogens is 3. The number of hydrogen-bond acceptors (Lipinski definition) is 3. The summed E-state index contributed by atoms with van der Waals surface area (Å²) in [7, 11) is 0. The summed E-state index contributed by atoms with van der Waals surface area (Å²) in [5.74, 6) is 0.403. The van der Waals surface area contributed by atoms with Gasteiger partial charge in [0.1, 0.15) is 6.54 Å². The summed E-state index contributed by atoms with van der Waals surface area (Å²) in [5.41, 5.74) is 2.43. The number of fused-ring (bicyclic) bond motifs is 1. The fraction of sp³-hybridized carbons (Fsp3) is 0.368. The largest absolute Gasteiger partial charge is 0.379 e. The number of amides is 1. The average molecular weight is 338 g/mol. The Morgan fingerprint density at radius 1 is 1.36 bits per heavy atom. The van der Waals surface area contributed by atoms with Crippen LogP contribution in [0.5, 0.6) is 0 Å². The van der Waals surface area contributed by atoms with Crippen molar-refractivity contribution in [1.29, 1.82) is 0 Å². The second kappa shape index (κ2) is 7.11.